The molecule has 120 valence electrons. The quantitative estimate of drug-likeness (QED) is 0.531. The molecule has 0 aliphatic heterocycles. The molecule has 0 bridgehead atoms. The molecule has 0 spiro atoms. The van der Waals surface area contributed by atoms with Crippen LogP contribution in [-0.2, 0) is 6.54 Å². The van der Waals surface area contributed by atoms with Crippen molar-refractivity contribution in [1.29, 1.82) is 0 Å². The molecule has 0 saturated heterocycles. The van der Waals surface area contributed by atoms with Gasteiger partial charge in [0.15, 0.2) is 0 Å². The highest BCUT2D eigenvalue weighted by Gasteiger charge is 2.14. The predicted octanol–water partition coefficient (Wildman–Crippen LogP) is 1.91. The maximum absolute atomic E-state index is 12.9. The fraction of sp³-hybridized carbons (Fsp3) is 0.188. The number of aryl methyl sites for hydroxylation is 1. The molecule has 4 aromatic heterocycles. The van der Waals surface area contributed by atoms with Crippen LogP contribution in [0.5, 0.6) is 0 Å². The third-order valence-electron chi connectivity index (χ3n) is 3.81. The van der Waals surface area contributed by atoms with E-state index in [0.29, 0.717) is 34.1 Å². The summed E-state index contributed by atoms with van der Waals surface area (Å²) in [4.78, 5) is 26.0. The van der Waals surface area contributed by atoms with Crippen LogP contribution in [0.3, 0.4) is 0 Å². The van der Waals surface area contributed by atoms with Crippen molar-refractivity contribution in [3.63, 3.8) is 0 Å². The Morgan fingerprint density at radius 3 is 2.83 bits per heavy atom. The lowest BCUT2D eigenvalue weighted by molar-refractivity contribution is 0.744. The highest BCUT2D eigenvalue weighted by atomic mass is 32.2. The minimum Gasteiger partial charge on any atom is -0.309 e. The minimum atomic E-state index is -0.105. The standard InChI is InChI=1S/C16H14N6OS/c1-10-13-12(22-15(18-10)19-16(20-22)24-2)6-8-21(14(13)23)9-11-5-3-4-7-17-11/h3-8H,9H2,1-2H3. The number of nitrogens with zero attached hydrogens (tertiary/aromatic N) is 6. The summed E-state index contributed by atoms with van der Waals surface area (Å²) in [6.07, 6.45) is 5.39. The third kappa shape index (κ3) is 2.35. The van der Waals surface area contributed by atoms with Crippen LogP contribution in [-0.4, -0.2) is 35.4 Å². The van der Waals surface area contributed by atoms with E-state index in [1.165, 1.54) is 11.8 Å². The second-order valence-electron chi connectivity index (χ2n) is 5.34. The lowest BCUT2D eigenvalue weighted by atomic mass is 10.2. The fourth-order valence-electron chi connectivity index (χ4n) is 2.68. The van der Waals surface area contributed by atoms with E-state index in [9.17, 15) is 4.79 Å². The van der Waals surface area contributed by atoms with Crippen LogP contribution in [0.4, 0.5) is 0 Å². The van der Waals surface area contributed by atoms with Crippen molar-refractivity contribution >= 4 is 28.4 Å². The average molecular weight is 338 g/mol. The van der Waals surface area contributed by atoms with Gasteiger partial charge in [-0.15, -0.1) is 5.10 Å². The molecule has 0 atom stereocenters. The smallest absolute Gasteiger partial charge is 0.262 e. The van der Waals surface area contributed by atoms with Gasteiger partial charge >= 0.3 is 0 Å². The highest BCUT2D eigenvalue weighted by molar-refractivity contribution is 7.98. The van der Waals surface area contributed by atoms with Crippen LogP contribution >= 0.6 is 11.8 Å². The second kappa shape index (κ2) is 5.72. The molecule has 0 aromatic carbocycles. The molecule has 0 fully saturated rings. The van der Waals surface area contributed by atoms with Gasteiger partial charge in [-0.2, -0.15) is 9.50 Å². The van der Waals surface area contributed by atoms with Gasteiger partial charge in [0.1, 0.15) is 0 Å². The van der Waals surface area contributed by atoms with Gasteiger partial charge in [0.2, 0.25) is 5.16 Å². The van der Waals surface area contributed by atoms with Gasteiger partial charge in [0, 0.05) is 12.4 Å². The molecule has 0 unspecified atom stereocenters. The lowest BCUT2D eigenvalue weighted by Crippen LogP contribution is -2.22. The van der Waals surface area contributed by atoms with E-state index in [0.717, 1.165) is 5.69 Å². The van der Waals surface area contributed by atoms with Crippen LogP contribution in [0.25, 0.3) is 16.7 Å². The summed E-state index contributed by atoms with van der Waals surface area (Å²) < 4.78 is 3.26. The Hall–Kier alpha value is -2.74. The zero-order valence-electron chi connectivity index (χ0n) is 13.2. The van der Waals surface area contributed by atoms with Gasteiger partial charge in [-0.3, -0.25) is 9.78 Å². The zero-order valence-corrected chi connectivity index (χ0v) is 14.0. The lowest BCUT2D eigenvalue weighted by Gasteiger charge is -2.08. The van der Waals surface area contributed by atoms with Crippen molar-refractivity contribution in [2.75, 3.05) is 6.26 Å². The molecule has 0 amide bonds. The van der Waals surface area contributed by atoms with Crippen molar-refractivity contribution < 1.29 is 0 Å². The number of hydrogen-bond acceptors (Lipinski definition) is 6. The molecule has 0 aliphatic rings. The second-order valence-corrected chi connectivity index (χ2v) is 6.11. The molecule has 0 radical (unpaired) electrons. The summed E-state index contributed by atoms with van der Waals surface area (Å²) in [7, 11) is 0. The Labute approximate surface area is 141 Å². The van der Waals surface area contributed by atoms with Crippen molar-refractivity contribution in [3.8, 4) is 0 Å². The maximum atomic E-state index is 12.9. The molecule has 0 saturated carbocycles. The van der Waals surface area contributed by atoms with Gasteiger partial charge < -0.3 is 4.57 Å². The largest absolute Gasteiger partial charge is 0.309 e. The Morgan fingerprint density at radius 1 is 1.21 bits per heavy atom. The van der Waals surface area contributed by atoms with Crippen LogP contribution < -0.4 is 5.56 Å². The Morgan fingerprint density at radius 2 is 2.08 bits per heavy atom. The first-order valence-electron chi connectivity index (χ1n) is 7.38. The molecule has 8 heteroatoms. The molecule has 0 N–H and O–H groups in total. The van der Waals surface area contributed by atoms with Crippen LogP contribution in [0.2, 0.25) is 0 Å². The van der Waals surface area contributed by atoms with Crippen LogP contribution in [0.15, 0.2) is 46.6 Å². The van der Waals surface area contributed by atoms with E-state index in [2.05, 4.69) is 20.1 Å². The SMILES string of the molecule is CSc1nc2nc(C)c3c(=O)n(Cc4ccccn4)ccc3n2n1. The van der Waals surface area contributed by atoms with Gasteiger partial charge in [0.25, 0.3) is 11.3 Å². The van der Waals surface area contributed by atoms with Crippen molar-refractivity contribution in [2.45, 2.75) is 18.6 Å². The normalized spacial score (nSPS) is 11.4. The van der Waals surface area contributed by atoms with E-state index in [1.807, 2.05) is 37.4 Å². The molecular weight excluding hydrogens is 324 g/mol. The van der Waals surface area contributed by atoms with Crippen molar-refractivity contribution in [3.05, 3.63) is 58.4 Å². The summed E-state index contributed by atoms with van der Waals surface area (Å²) >= 11 is 1.44. The Bertz CT molecular complexity index is 1100. The number of rotatable bonds is 3. The van der Waals surface area contributed by atoms with Crippen LogP contribution in [0, 0.1) is 6.92 Å². The van der Waals surface area contributed by atoms with E-state index in [-0.39, 0.29) is 5.56 Å². The third-order valence-corrected chi connectivity index (χ3v) is 4.35. The Balaban J connectivity index is 1.94. The van der Waals surface area contributed by atoms with E-state index >= 15 is 0 Å². The number of fused-ring (bicyclic) bond motifs is 3. The van der Waals surface area contributed by atoms with E-state index in [1.54, 1.807) is 21.5 Å². The van der Waals surface area contributed by atoms with Crippen molar-refractivity contribution in [1.82, 2.24) is 29.1 Å². The number of thioether (sulfide) groups is 1. The first kappa shape index (κ1) is 14.8. The van der Waals surface area contributed by atoms with Crippen molar-refractivity contribution in [2.24, 2.45) is 0 Å². The first-order chi connectivity index (χ1) is 11.7. The first-order valence-corrected chi connectivity index (χ1v) is 8.60. The van der Waals surface area contributed by atoms with Gasteiger partial charge in [-0.05, 0) is 31.4 Å². The maximum Gasteiger partial charge on any atom is 0.262 e. The van der Waals surface area contributed by atoms with E-state index in [4.69, 9.17) is 0 Å². The molecule has 4 aromatic rings. The molecule has 24 heavy (non-hydrogen) atoms. The summed E-state index contributed by atoms with van der Waals surface area (Å²) in [5.74, 6) is 0.506. The van der Waals surface area contributed by atoms with Crippen LogP contribution in [0.1, 0.15) is 11.4 Å². The summed E-state index contributed by atoms with van der Waals surface area (Å²) in [6, 6.07) is 7.53. The summed E-state index contributed by atoms with van der Waals surface area (Å²) in [5, 5.41) is 5.59. The number of hydrogen-bond donors (Lipinski definition) is 0. The van der Waals surface area contributed by atoms with E-state index < -0.39 is 0 Å². The fourth-order valence-corrected chi connectivity index (χ4v) is 3.02. The van der Waals surface area contributed by atoms with Gasteiger partial charge in [-0.25, -0.2) is 4.98 Å². The molecule has 4 rings (SSSR count). The predicted molar refractivity (Wildman–Crippen MR) is 92.4 cm³/mol. The van der Waals surface area contributed by atoms with Gasteiger partial charge in [-0.1, -0.05) is 17.8 Å². The topological polar surface area (TPSA) is 78.0 Å². The Kier molecular flexibility index (Phi) is 3.53. The van der Waals surface area contributed by atoms with Gasteiger partial charge in [0.05, 0.1) is 28.8 Å². The summed E-state index contributed by atoms with van der Waals surface area (Å²) in [5.41, 5.74) is 2.09. The highest BCUT2D eigenvalue weighted by Crippen LogP contribution is 2.17. The number of pyridine rings is 2. The number of aromatic nitrogens is 6. The summed E-state index contributed by atoms with van der Waals surface area (Å²) in [6.45, 7) is 2.24. The monoisotopic (exact) mass is 338 g/mol. The minimum absolute atomic E-state index is 0.105. The molecule has 7 nitrogen and oxygen atoms in total. The zero-order chi connectivity index (χ0) is 16.7. The average Bonchev–Trinajstić information content (AvgIpc) is 3.01. The molecule has 4 heterocycles. The molecule has 0 aliphatic carbocycles. The molecular formula is C16H14N6OS.